The number of nitriles is 1. The van der Waals surface area contributed by atoms with Crippen molar-refractivity contribution in [1.29, 1.82) is 5.26 Å². The van der Waals surface area contributed by atoms with Gasteiger partial charge in [0.15, 0.2) is 6.61 Å². The fourth-order valence-corrected chi connectivity index (χ4v) is 0.983. The average Bonchev–Trinajstić information content (AvgIpc) is 2.25. The van der Waals surface area contributed by atoms with Crippen LogP contribution < -0.4 is 4.74 Å². The van der Waals surface area contributed by atoms with E-state index in [1.165, 1.54) is 6.07 Å². The molecule has 0 aromatic heterocycles. The van der Waals surface area contributed by atoms with Crippen molar-refractivity contribution in [3.63, 3.8) is 0 Å². The molecule has 0 aliphatic heterocycles. The summed E-state index contributed by atoms with van der Waals surface area (Å²) in [6.07, 6.45) is -5.77. The van der Waals surface area contributed by atoms with Crippen LogP contribution in [0.15, 0.2) is 18.2 Å². The molecule has 0 N–H and O–H groups in total. The van der Waals surface area contributed by atoms with Crippen LogP contribution in [0.5, 0.6) is 5.75 Å². The quantitative estimate of drug-likeness (QED) is 0.789. The molecule has 2 nitrogen and oxygen atoms in total. The van der Waals surface area contributed by atoms with Crippen molar-refractivity contribution < 1.29 is 31.1 Å². The molecule has 98 valence electrons. The molecule has 8 heteroatoms. The highest BCUT2D eigenvalue weighted by Crippen LogP contribution is 2.36. The monoisotopic (exact) mass is 269 g/mol. The lowest BCUT2D eigenvalue weighted by atomic mass is 10.2. The minimum atomic E-state index is -5.77. The van der Waals surface area contributed by atoms with Crippen molar-refractivity contribution in [2.45, 2.75) is 12.1 Å². The Morgan fingerprint density at radius 3 is 2.28 bits per heavy atom. The molecule has 0 fully saturated rings. The van der Waals surface area contributed by atoms with Crippen molar-refractivity contribution in [2.75, 3.05) is 6.61 Å². The van der Waals surface area contributed by atoms with E-state index in [9.17, 15) is 26.3 Å². The zero-order chi connectivity index (χ0) is 14.0. The molecule has 0 spiro atoms. The zero-order valence-electron chi connectivity index (χ0n) is 8.56. The van der Waals surface area contributed by atoms with Gasteiger partial charge >= 0.3 is 12.1 Å². The molecule has 1 aromatic rings. The summed E-state index contributed by atoms with van der Waals surface area (Å²) in [5, 5.41) is 8.51. The predicted molar refractivity (Wildman–Crippen MR) is 47.6 cm³/mol. The minimum Gasteiger partial charge on any atom is -0.485 e. The molecule has 0 aliphatic carbocycles. The topological polar surface area (TPSA) is 33.0 Å². The molecule has 18 heavy (non-hydrogen) atoms. The summed E-state index contributed by atoms with van der Waals surface area (Å²) in [4.78, 5) is 0. The van der Waals surface area contributed by atoms with E-state index in [1.54, 1.807) is 0 Å². The number of rotatable bonds is 3. The van der Waals surface area contributed by atoms with Gasteiger partial charge in [-0.1, -0.05) is 6.07 Å². The van der Waals surface area contributed by atoms with Crippen LogP contribution >= 0.6 is 0 Å². The summed E-state index contributed by atoms with van der Waals surface area (Å²) in [5.41, 5.74) is -0.726. The Morgan fingerprint density at radius 2 is 1.78 bits per heavy atom. The van der Waals surface area contributed by atoms with E-state index in [2.05, 4.69) is 4.74 Å². The van der Waals surface area contributed by atoms with E-state index in [-0.39, 0.29) is 0 Å². The first-order valence-electron chi connectivity index (χ1n) is 4.45. The Morgan fingerprint density at radius 1 is 1.17 bits per heavy atom. The Labute approximate surface area is 97.4 Å². The van der Waals surface area contributed by atoms with Crippen LogP contribution in [0, 0.1) is 17.1 Å². The largest absolute Gasteiger partial charge is 0.485 e. The van der Waals surface area contributed by atoms with E-state index in [4.69, 9.17) is 5.26 Å². The van der Waals surface area contributed by atoms with Gasteiger partial charge in [0.25, 0.3) is 0 Å². The van der Waals surface area contributed by atoms with E-state index in [0.29, 0.717) is 0 Å². The Kier molecular flexibility index (Phi) is 3.74. The third-order valence-electron chi connectivity index (χ3n) is 1.91. The summed E-state index contributed by atoms with van der Waals surface area (Å²) in [7, 11) is 0. The molecular formula is C10H5F6NO. The highest BCUT2D eigenvalue weighted by molar-refractivity contribution is 5.43. The van der Waals surface area contributed by atoms with Crippen molar-refractivity contribution in [1.82, 2.24) is 0 Å². The Balaban J connectivity index is 2.89. The first-order chi connectivity index (χ1) is 8.19. The smallest absolute Gasteiger partial charge is 0.456 e. The molecule has 0 heterocycles. The zero-order valence-corrected chi connectivity index (χ0v) is 8.56. The fourth-order valence-electron chi connectivity index (χ4n) is 0.983. The van der Waals surface area contributed by atoms with Gasteiger partial charge in [0.2, 0.25) is 0 Å². The highest BCUT2D eigenvalue weighted by Gasteiger charge is 2.58. The second kappa shape index (κ2) is 4.76. The summed E-state index contributed by atoms with van der Waals surface area (Å²) in [6.45, 7) is -2.02. The van der Waals surface area contributed by atoms with Gasteiger partial charge in [-0.3, -0.25) is 0 Å². The van der Waals surface area contributed by atoms with Gasteiger partial charge < -0.3 is 4.74 Å². The third kappa shape index (κ3) is 2.85. The molecule has 0 atom stereocenters. The normalized spacial score (nSPS) is 12.1. The van der Waals surface area contributed by atoms with Crippen molar-refractivity contribution in [3.8, 4) is 11.8 Å². The van der Waals surface area contributed by atoms with Gasteiger partial charge in [-0.2, -0.15) is 27.2 Å². The van der Waals surface area contributed by atoms with Gasteiger partial charge in [0.1, 0.15) is 23.2 Å². The van der Waals surface area contributed by atoms with Crippen LogP contribution in [-0.2, 0) is 0 Å². The van der Waals surface area contributed by atoms with Gasteiger partial charge in [0, 0.05) is 0 Å². The lowest BCUT2D eigenvalue weighted by molar-refractivity contribution is -0.290. The predicted octanol–water partition coefficient (Wildman–Crippen LogP) is 3.27. The van der Waals surface area contributed by atoms with Gasteiger partial charge in [-0.15, -0.1) is 0 Å². The molecule has 1 aromatic carbocycles. The highest BCUT2D eigenvalue weighted by atomic mass is 19.4. The number of ether oxygens (including phenoxy) is 1. The maximum absolute atomic E-state index is 13.0. The number of nitrogens with zero attached hydrogens (tertiary/aromatic N) is 1. The first kappa shape index (κ1) is 14.2. The van der Waals surface area contributed by atoms with Crippen molar-refractivity contribution in [2.24, 2.45) is 0 Å². The molecular weight excluding hydrogens is 264 g/mol. The van der Waals surface area contributed by atoms with Crippen LogP contribution in [0.3, 0.4) is 0 Å². The summed E-state index contributed by atoms with van der Waals surface area (Å²) in [5.74, 6) is -6.81. The maximum atomic E-state index is 13.0. The van der Waals surface area contributed by atoms with Gasteiger partial charge in [0.05, 0.1) is 0 Å². The second-order valence-electron chi connectivity index (χ2n) is 3.22. The molecule has 0 aliphatic rings. The number of hydrogen-bond donors (Lipinski definition) is 0. The third-order valence-corrected chi connectivity index (χ3v) is 1.91. The maximum Gasteiger partial charge on any atom is 0.456 e. The summed E-state index contributed by atoms with van der Waals surface area (Å²) in [6, 6.07) is 4.12. The van der Waals surface area contributed by atoms with Crippen LogP contribution in [0.25, 0.3) is 0 Å². The SMILES string of the molecule is N#Cc1c(F)cccc1OCC(F)(F)C(F)(F)F. The Hall–Kier alpha value is -1.91. The standard InChI is InChI=1S/C10H5F6NO/c11-7-2-1-3-8(6(7)4-17)18-5-9(12,13)10(14,15)16/h1-3H,5H2. The van der Waals surface area contributed by atoms with E-state index in [1.807, 2.05) is 0 Å². The van der Waals surface area contributed by atoms with Gasteiger partial charge in [-0.25, -0.2) is 4.39 Å². The van der Waals surface area contributed by atoms with E-state index < -0.39 is 35.8 Å². The molecule has 1 rings (SSSR count). The van der Waals surface area contributed by atoms with E-state index >= 15 is 0 Å². The van der Waals surface area contributed by atoms with Crippen LogP contribution in [0.2, 0.25) is 0 Å². The van der Waals surface area contributed by atoms with Crippen LogP contribution in [-0.4, -0.2) is 18.7 Å². The van der Waals surface area contributed by atoms with Crippen LogP contribution in [0.1, 0.15) is 5.56 Å². The molecule has 0 radical (unpaired) electrons. The number of benzene rings is 1. The van der Waals surface area contributed by atoms with E-state index in [0.717, 1.165) is 18.2 Å². The fraction of sp³-hybridized carbons (Fsp3) is 0.300. The lowest BCUT2D eigenvalue weighted by Gasteiger charge is -2.20. The van der Waals surface area contributed by atoms with Crippen molar-refractivity contribution in [3.05, 3.63) is 29.6 Å². The number of halogens is 6. The molecule has 0 amide bonds. The first-order valence-corrected chi connectivity index (χ1v) is 4.45. The number of hydrogen-bond acceptors (Lipinski definition) is 2. The number of alkyl halides is 5. The average molecular weight is 269 g/mol. The molecule has 0 saturated heterocycles. The summed E-state index contributed by atoms with van der Waals surface area (Å²) < 4.78 is 77.7. The van der Waals surface area contributed by atoms with Crippen molar-refractivity contribution >= 4 is 0 Å². The summed E-state index contributed by atoms with van der Waals surface area (Å²) >= 11 is 0. The second-order valence-corrected chi connectivity index (χ2v) is 3.22. The Bertz CT molecular complexity index is 476. The lowest BCUT2D eigenvalue weighted by Crippen LogP contribution is -2.41. The molecule has 0 saturated carbocycles. The minimum absolute atomic E-state index is 0.665. The molecule has 0 bridgehead atoms. The molecule has 0 unspecified atom stereocenters. The van der Waals surface area contributed by atoms with Gasteiger partial charge in [-0.05, 0) is 12.1 Å². The van der Waals surface area contributed by atoms with Crippen LogP contribution in [0.4, 0.5) is 26.3 Å².